The van der Waals surface area contributed by atoms with Crippen molar-refractivity contribution in [2.45, 2.75) is 19.0 Å². The van der Waals surface area contributed by atoms with Crippen LogP contribution in [0.25, 0.3) is 0 Å². The van der Waals surface area contributed by atoms with Gasteiger partial charge in [-0.1, -0.05) is 24.3 Å². The third-order valence-corrected chi connectivity index (χ3v) is 5.13. The Balaban J connectivity index is 1.90. The third-order valence-electron chi connectivity index (χ3n) is 3.90. The molecule has 1 aliphatic heterocycles. The minimum atomic E-state index is -3.50. The second kappa shape index (κ2) is 5.78. The lowest BCUT2D eigenvalue weighted by Crippen LogP contribution is -2.50. The van der Waals surface area contributed by atoms with Gasteiger partial charge in [-0.2, -0.15) is 9.40 Å². The van der Waals surface area contributed by atoms with Crippen molar-refractivity contribution in [1.82, 2.24) is 14.1 Å². The van der Waals surface area contributed by atoms with Crippen LogP contribution in [0.4, 0.5) is 5.82 Å². The van der Waals surface area contributed by atoms with Gasteiger partial charge in [0.05, 0.1) is 6.26 Å². The summed E-state index contributed by atoms with van der Waals surface area (Å²) >= 11 is 0. The molecular formula is C15H18N4O3S. The Morgan fingerprint density at radius 3 is 2.57 bits per heavy atom. The fraction of sp³-hybridized carbons (Fsp3) is 0.333. The molecule has 8 heteroatoms. The zero-order valence-electron chi connectivity index (χ0n) is 12.9. The van der Waals surface area contributed by atoms with E-state index in [1.165, 1.54) is 4.31 Å². The molecule has 0 radical (unpaired) electrons. The van der Waals surface area contributed by atoms with E-state index in [4.69, 9.17) is 0 Å². The fourth-order valence-corrected chi connectivity index (χ4v) is 3.77. The van der Waals surface area contributed by atoms with Crippen LogP contribution in [0, 0.1) is 0 Å². The van der Waals surface area contributed by atoms with Crippen molar-refractivity contribution in [2.24, 2.45) is 7.05 Å². The number of hydrogen-bond acceptors (Lipinski definition) is 4. The van der Waals surface area contributed by atoms with Crippen molar-refractivity contribution in [1.29, 1.82) is 0 Å². The van der Waals surface area contributed by atoms with E-state index in [0.717, 1.165) is 17.4 Å². The van der Waals surface area contributed by atoms with Crippen molar-refractivity contribution in [2.75, 3.05) is 11.6 Å². The monoisotopic (exact) mass is 334 g/mol. The van der Waals surface area contributed by atoms with E-state index in [1.807, 2.05) is 24.3 Å². The highest BCUT2D eigenvalue weighted by Gasteiger charge is 2.36. The molecule has 23 heavy (non-hydrogen) atoms. The van der Waals surface area contributed by atoms with Crippen LogP contribution >= 0.6 is 0 Å². The molecule has 1 N–H and O–H groups in total. The molecule has 2 heterocycles. The topological polar surface area (TPSA) is 84.3 Å². The molecule has 1 atom stereocenters. The SMILES string of the molecule is Cn1ccc(NC(=O)[C@H]2Cc3ccccc3CN2S(C)(=O)=O)n1. The maximum Gasteiger partial charge on any atom is 0.244 e. The molecular weight excluding hydrogens is 316 g/mol. The van der Waals surface area contributed by atoms with Crippen molar-refractivity contribution < 1.29 is 13.2 Å². The fourth-order valence-electron chi connectivity index (χ4n) is 2.76. The van der Waals surface area contributed by atoms with Crippen LogP contribution < -0.4 is 5.32 Å². The predicted molar refractivity (Wildman–Crippen MR) is 86.2 cm³/mol. The van der Waals surface area contributed by atoms with Gasteiger partial charge in [-0.05, 0) is 17.5 Å². The van der Waals surface area contributed by atoms with Crippen LogP contribution in [-0.2, 0) is 34.8 Å². The van der Waals surface area contributed by atoms with Gasteiger partial charge in [-0.25, -0.2) is 8.42 Å². The third kappa shape index (κ3) is 3.27. The lowest BCUT2D eigenvalue weighted by molar-refractivity contribution is -0.120. The molecule has 3 rings (SSSR count). The van der Waals surface area contributed by atoms with Gasteiger partial charge < -0.3 is 5.32 Å². The summed E-state index contributed by atoms with van der Waals surface area (Å²) in [6, 6.07) is 8.47. The first-order valence-electron chi connectivity index (χ1n) is 7.19. The number of nitrogens with zero attached hydrogens (tertiary/aromatic N) is 3. The number of sulfonamides is 1. The lowest BCUT2D eigenvalue weighted by Gasteiger charge is -2.33. The number of hydrogen-bond donors (Lipinski definition) is 1. The van der Waals surface area contributed by atoms with E-state index < -0.39 is 16.1 Å². The van der Waals surface area contributed by atoms with E-state index in [1.54, 1.807) is 24.0 Å². The van der Waals surface area contributed by atoms with Gasteiger partial charge in [0, 0.05) is 25.9 Å². The summed E-state index contributed by atoms with van der Waals surface area (Å²) in [5, 5.41) is 6.78. The Bertz CT molecular complexity index is 844. The molecule has 0 fully saturated rings. The zero-order chi connectivity index (χ0) is 16.6. The first kappa shape index (κ1) is 15.7. The van der Waals surface area contributed by atoms with Gasteiger partial charge in [-0.15, -0.1) is 0 Å². The Morgan fingerprint density at radius 2 is 1.96 bits per heavy atom. The van der Waals surface area contributed by atoms with E-state index in [0.29, 0.717) is 12.2 Å². The molecule has 1 amide bonds. The zero-order valence-corrected chi connectivity index (χ0v) is 13.7. The second-order valence-corrected chi connectivity index (χ2v) is 7.60. The van der Waals surface area contributed by atoms with Crippen LogP contribution in [-0.4, -0.2) is 40.7 Å². The van der Waals surface area contributed by atoms with Crippen LogP contribution in [0.1, 0.15) is 11.1 Å². The van der Waals surface area contributed by atoms with Crippen molar-refractivity contribution in [3.63, 3.8) is 0 Å². The molecule has 0 saturated heterocycles. The number of nitrogens with one attached hydrogen (secondary N) is 1. The Labute approximate surface area is 135 Å². The molecule has 0 bridgehead atoms. The summed E-state index contributed by atoms with van der Waals surface area (Å²) in [5.74, 6) is 0.0356. The molecule has 122 valence electrons. The van der Waals surface area contributed by atoms with E-state index in [2.05, 4.69) is 10.4 Å². The number of aryl methyl sites for hydroxylation is 1. The maximum absolute atomic E-state index is 12.6. The summed E-state index contributed by atoms with van der Waals surface area (Å²) in [6.07, 6.45) is 3.18. The number of anilines is 1. The van der Waals surface area contributed by atoms with Crippen molar-refractivity contribution in [3.05, 3.63) is 47.7 Å². The molecule has 1 aromatic heterocycles. The Hall–Kier alpha value is -2.19. The smallest absolute Gasteiger partial charge is 0.244 e. The quantitative estimate of drug-likeness (QED) is 0.897. The van der Waals surface area contributed by atoms with E-state index in [9.17, 15) is 13.2 Å². The predicted octanol–water partition coefficient (Wildman–Crippen LogP) is 0.745. The molecule has 0 aliphatic carbocycles. The lowest BCUT2D eigenvalue weighted by atomic mass is 9.95. The first-order valence-corrected chi connectivity index (χ1v) is 9.03. The van der Waals surface area contributed by atoms with Gasteiger partial charge in [0.1, 0.15) is 6.04 Å². The van der Waals surface area contributed by atoms with E-state index >= 15 is 0 Å². The highest BCUT2D eigenvalue weighted by atomic mass is 32.2. The summed E-state index contributed by atoms with van der Waals surface area (Å²) < 4.78 is 27.0. The molecule has 0 saturated carbocycles. The molecule has 2 aromatic rings. The number of carbonyl (C=O) groups excluding carboxylic acids is 1. The number of carbonyl (C=O) groups is 1. The second-order valence-electron chi connectivity index (χ2n) is 5.66. The highest BCUT2D eigenvalue weighted by molar-refractivity contribution is 7.88. The number of aromatic nitrogens is 2. The van der Waals surface area contributed by atoms with E-state index in [-0.39, 0.29) is 12.5 Å². The number of rotatable bonds is 3. The maximum atomic E-state index is 12.6. The number of benzene rings is 1. The first-order chi connectivity index (χ1) is 10.8. The molecule has 7 nitrogen and oxygen atoms in total. The van der Waals surface area contributed by atoms with Gasteiger partial charge in [0.2, 0.25) is 15.9 Å². The minimum absolute atomic E-state index is 0.204. The Kier molecular flexibility index (Phi) is 3.95. The number of amides is 1. The largest absolute Gasteiger partial charge is 0.308 e. The standard InChI is InChI=1S/C15H18N4O3S/c1-18-8-7-14(17-18)16-15(20)13-9-11-5-3-4-6-12(11)10-19(13)23(2,21)22/h3-8,13H,9-10H2,1-2H3,(H,16,17,20)/t13-/m1/s1. The molecule has 1 aromatic carbocycles. The van der Waals surface area contributed by atoms with Crippen LogP contribution in [0.5, 0.6) is 0 Å². The highest BCUT2D eigenvalue weighted by Crippen LogP contribution is 2.26. The Morgan fingerprint density at radius 1 is 1.26 bits per heavy atom. The number of fused-ring (bicyclic) bond motifs is 1. The minimum Gasteiger partial charge on any atom is -0.308 e. The van der Waals surface area contributed by atoms with Gasteiger partial charge in [-0.3, -0.25) is 9.48 Å². The summed E-state index contributed by atoms with van der Waals surface area (Å²) in [4.78, 5) is 12.6. The van der Waals surface area contributed by atoms with Crippen LogP contribution in [0.3, 0.4) is 0 Å². The van der Waals surface area contributed by atoms with Crippen LogP contribution in [0.15, 0.2) is 36.5 Å². The van der Waals surface area contributed by atoms with Gasteiger partial charge >= 0.3 is 0 Å². The van der Waals surface area contributed by atoms with Crippen LogP contribution in [0.2, 0.25) is 0 Å². The summed E-state index contributed by atoms with van der Waals surface area (Å²) in [5.41, 5.74) is 1.92. The average molecular weight is 334 g/mol. The molecule has 1 aliphatic rings. The summed E-state index contributed by atoms with van der Waals surface area (Å²) in [6.45, 7) is 0.204. The average Bonchev–Trinajstić information content (AvgIpc) is 2.90. The molecule has 0 unspecified atom stereocenters. The molecule has 0 spiro atoms. The normalized spacial score (nSPS) is 18.4. The van der Waals surface area contributed by atoms with Gasteiger partial charge in [0.15, 0.2) is 5.82 Å². The van der Waals surface area contributed by atoms with Crippen molar-refractivity contribution >= 4 is 21.7 Å². The van der Waals surface area contributed by atoms with Crippen molar-refractivity contribution in [3.8, 4) is 0 Å². The van der Waals surface area contributed by atoms with Gasteiger partial charge in [0.25, 0.3) is 0 Å². The summed E-state index contributed by atoms with van der Waals surface area (Å²) in [7, 11) is -1.76.